The van der Waals surface area contributed by atoms with Crippen molar-refractivity contribution in [2.45, 2.75) is 6.42 Å². The Balaban J connectivity index is 0.970. The second kappa shape index (κ2) is 15.0. The van der Waals surface area contributed by atoms with Crippen LogP contribution in [0.3, 0.4) is 0 Å². The molecule has 0 saturated carbocycles. The molecule has 0 aromatic heterocycles. The minimum atomic E-state index is 1.19. The largest absolute Gasteiger partial charge is 0.121 e. The highest BCUT2D eigenvalue weighted by Crippen LogP contribution is 2.72. The summed E-state index contributed by atoms with van der Waals surface area (Å²) in [6, 6.07) is 0. The summed E-state index contributed by atoms with van der Waals surface area (Å²) >= 11 is 31.3. The lowest BCUT2D eigenvalue weighted by atomic mass is 10.6. The van der Waals surface area contributed by atoms with Crippen LogP contribution in [-0.2, 0) is 0 Å². The summed E-state index contributed by atoms with van der Waals surface area (Å²) in [6.07, 6.45) is 5.67. The van der Waals surface area contributed by atoms with Crippen molar-refractivity contribution < 1.29 is 0 Å². The summed E-state index contributed by atoms with van der Waals surface area (Å²) in [4.78, 5) is 0. The first-order valence-electron chi connectivity index (χ1n) is 10.4. The molecule has 196 valence electrons. The molecule has 0 fully saturated rings. The van der Waals surface area contributed by atoms with E-state index in [1.807, 2.05) is 165 Å². The molecule has 0 atom stereocenters. The van der Waals surface area contributed by atoms with Gasteiger partial charge in [0.2, 0.25) is 0 Å². The van der Waals surface area contributed by atoms with Crippen LogP contribution in [0.4, 0.5) is 0 Å². The van der Waals surface area contributed by atoms with Crippen LogP contribution in [-0.4, -0.2) is 24.0 Å². The Kier molecular flexibility index (Phi) is 12.4. The molecule has 0 nitrogen and oxygen atoms in total. The summed E-state index contributed by atoms with van der Waals surface area (Å²) in [6.45, 7) is 0. The van der Waals surface area contributed by atoms with E-state index in [-0.39, 0.29) is 0 Å². The van der Waals surface area contributed by atoms with Crippen LogP contribution in [0, 0.1) is 0 Å². The molecule has 0 aromatic rings. The summed E-state index contributed by atoms with van der Waals surface area (Å²) in [5.41, 5.74) is 0. The Hall–Kier alpha value is 3.52. The van der Waals surface area contributed by atoms with Gasteiger partial charge in [-0.3, -0.25) is 0 Å². The van der Waals surface area contributed by atoms with E-state index in [4.69, 9.17) is 0 Å². The van der Waals surface area contributed by atoms with Gasteiger partial charge in [-0.2, -0.15) is 0 Å². The fourth-order valence-electron chi connectivity index (χ4n) is 2.89. The van der Waals surface area contributed by atoms with E-state index in [2.05, 4.69) is 57.7 Å². The lowest BCUT2D eigenvalue weighted by Gasteiger charge is -2.07. The molecule has 0 bridgehead atoms. The van der Waals surface area contributed by atoms with Crippen LogP contribution in [0.2, 0.25) is 0 Å². The van der Waals surface area contributed by atoms with Gasteiger partial charge in [-0.1, -0.05) is 141 Å². The fourth-order valence-corrected chi connectivity index (χ4v) is 24.9. The summed E-state index contributed by atoms with van der Waals surface area (Å²) in [5, 5.41) is 8.77. The lowest BCUT2D eigenvalue weighted by molar-refractivity contribution is 1.13. The molecular weight excluding hydrogens is 765 g/mol. The third-order valence-electron chi connectivity index (χ3n) is 4.42. The van der Waals surface area contributed by atoms with E-state index < -0.39 is 0 Å². The van der Waals surface area contributed by atoms with Crippen LogP contribution in [0.25, 0.3) is 0 Å². The maximum absolute atomic E-state index is 2.23. The van der Waals surface area contributed by atoms with Gasteiger partial charge in [-0.15, -0.1) is 47.0 Å². The van der Waals surface area contributed by atoms with Gasteiger partial charge in [-0.05, 0) is 52.1 Å². The lowest BCUT2D eigenvalue weighted by Crippen LogP contribution is -1.84. The summed E-state index contributed by atoms with van der Waals surface area (Å²) < 4.78 is 17.8. The normalized spacial score (nSPS) is 23.6. The molecule has 6 rings (SSSR count). The summed E-state index contributed by atoms with van der Waals surface area (Å²) in [5.74, 6) is 2.38. The van der Waals surface area contributed by atoms with E-state index in [1.165, 1.54) is 68.8 Å². The number of hydrogen-bond acceptors (Lipinski definition) is 16. The highest BCUT2D eigenvalue weighted by Gasteiger charge is 2.36. The van der Waals surface area contributed by atoms with Gasteiger partial charge in [0.15, 0.2) is 0 Å². The van der Waals surface area contributed by atoms with Gasteiger partial charge in [0.1, 0.15) is 0 Å². The zero-order valence-corrected chi connectivity index (χ0v) is 32.0. The highest BCUT2D eigenvalue weighted by molar-refractivity contribution is 8.50. The van der Waals surface area contributed by atoms with Gasteiger partial charge in [0.25, 0.3) is 0 Å². The third kappa shape index (κ3) is 7.61. The van der Waals surface area contributed by atoms with Crippen LogP contribution in [0.15, 0.2) is 72.5 Å². The molecule has 37 heavy (non-hydrogen) atoms. The molecule has 16 heteroatoms. The Morgan fingerprint density at radius 3 is 1.16 bits per heavy atom. The molecule has 6 aliphatic heterocycles. The SMILES string of the molecule is CSC1=C(SCCCSC2=C(SC)SC(=C3SC4=C(SC(=C5SC=CS5)S4)S3)S2)SC(=C2SC=CS2)S1. The number of thioether (sulfide) groups is 16. The zero-order valence-electron chi connectivity index (χ0n) is 19.0. The first-order chi connectivity index (χ1) is 18.2. The van der Waals surface area contributed by atoms with E-state index in [0.717, 1.165) is 0 Å². The molecule has 6 heterocycles. The molecule has 0 unspecified atom stereocenters. The molecule has 0 aliphatic carbocycles. The van der Waals surface area contributed by atoms with Gasteiger partial charge in [0, 0.05) is 0 Å². The van der Waals surface area contributed by atoms with Gasteiger partial charge >= 0.3 is 0 Å². The highest BCUT2D eigenvalue weighted by atomic mass is 32.3. The molecule has 0 N–H and O–H groups in total. The number of rotatable bonds is 8. The Labute approximate surface area is 286 Å². The van der Waals surface area contributed by atoms with Crippen molar-refractivity contribution in [3.8, 4) is 0 Å². The third-order valence-corrected chi connectivity index (χ3v) is 26.8. The maximum atomic E-state index is 2.23. The van der Waals surface area contributed by atoms with Crippen LogP contribution in [0.1, 0.15) is 6.42 Å². The van der Waals surface area contributed by atoms with Crippen molar-refractivity contribution in [3.63, 3.8) is 0 Å². The van der Waals surface area contributed by atoms with Crippen molar-refractivity contribution in [1.29, 1.82) is 0 Å². The number of hydrogen-bond donors (Lipinski definition) is 0. The van der Waals surface area contributed by atoms with Crippen molar-refractivity contribution in [2.75, 3.05) is 24.0 Å². The van der Waals surface area contributed by atoms with Crippen LogP contribution >= 0.6 is 188 Å². The topological polar surface area (TPSA) is 0 Å². The van der Waals surface area contributed by atoms with Gasteiger partial charge < -0.3 is 0 Å². The quantitative estimate of drug-likeness (QED) is 0.214. The first kappa shape index (κ1) is 30.5. The second-order valence-corrected chi connectivity index (χ2v) is 25.5. The average molecular weight is 781 g/mol. The van der Waals surface area contributed by atoms with Crippen molar-refractivity contribution in [3.05, 3.63) is 72.5 Å². The Bertz CT molecular complexity index is 1190. The van der Waals surface area contributed by atoms with Gasteiger partial charge in [0.05, 0.1) is 50.8 Å². The van der Waals surface area contributed by atoms with Crippen molar-refractivity contribution >= 4 is 188 Å². The maximum Gasteiger partial charge on any atom is 0.0718 e. The van der Waals surface area contributed by atoms with Crippen molar-refractivity contribution in [2.24, 2.45) is 0 Å². The molecule has 0 spiro atoms. The predicted molar refractivity (Wildman–Crippen MR) is 208 cm³/mol. The van der Waals surface area contributed by atoms with E-state index in [0.29, 0.717) is 0 Å². The second-order valence-electron chi connectivity index (χ2n) is 6.74. The first-order valence-corrected chi connectivity index (χ1v) is 24.9. The fraction of sp³-hybridized carbons (Fsp3) is 0.238. The molecule has 6 aliphatic rings. The zero-order chi connectivity index (χ0) is 25.2. The van der Waals surface area contributed by atoms with Gasteiger partial charge in [-0.25, -0.2) is 0 Å². The predicted octanol–water partition coefficient (Wildman–Crippen LogP) is 14.2. The molecule has 0 saturated heterocycles. The van der Waals surface area contributed by atoms with Crippen LogP contribution in [0.5, 0.6) is 0 Å². The van der Waals surface area contributed by atoms with E-state index in [1.54, 1.807) is 0 Å². The van der Waals surface area contributed by atoms with Crippen molar-refractivity contribution in [1.82, 2.24) is 0 Å². The van der Waals surface area contributed by atoms with E-state index >= 15 is 0 Å². The molecule has 0 radical (unpaired) electrons. The Morgan fingerprint density at radius 2 is 0.757 bits per heavy atom. The minimum Gasteiger partial charge on any atom is -0.121 e. The Morgan fingerprint density at radius 1 is 0.432 bits per heavy atom. The monoisotopic (exact) mass is 780 g/mol. The smallest absolute Gasteiger partial charge is 0.0718 e. The van der Waals surface area contributed by atoms with E-state index in [9.17, 15) is 0 Å². The standard InChI is InChI=1S/C21H16S16/c1-22-10-14(32-16(30-10)12-26-6-7-27-12)24-4-3-5-25-15-11(23-2)31-18(33-15)19-36-20-21(37-19)35-17(34-20)13-28-8-9-29-13/h6-9H,3-5H2,1-2H3. The minimum absolute atomic E-state index is 1.19. The summed E-state index contributed by atoms with van der Waals surface area (Å²) in [7, 11) is 0. The average Bonchev–Trinajstić information content (AvgIpc) is 3.74. The molecule has 0 aromatic carbocycles. The molecule has 0 amide bonds. The molecular formula is C21H16S16. The van der Waals surface area contributed by atoms with Crippen LogP contribution < -0.4 is 0 Å².